The summed E-state index contributed by atoms with van der Waals surface area (Å²) >= 11 is 0. The Balaban J connectivity index is 1.61. The van der Waals surface area contributed by atoms with Crippen molar-refractivity contribution in [1.29, 1.82) is 0 Å². The van der Waals surface area contributed by atoms with E-state index >= 15 is 0 Å². The molecular formula is C36H39N7O4. The molecule has 0 aromatic heterocycles. The van der Waals surface area contributed by atoms with Gasteiger partial charge in [0.1, 0.15) is 6.34 Å². The number of urea groups is 1. The predicted molar refractivity (Wildman–Crippen MR) is 183 cm³/mol. The van der Waals surface area contributed by atoms with Crippen molar-refractivity contribution < 1.29 is 19.2 Å². The largest absolute Gasteiger partial charge is 0.369 e. The van der Waals surface area contributed by atoms with E-state index in [1.54, 1.807) is 41.5 Å². The Morgan fingerprint density at radius 2 is 1.19 bits per heavy atom. The van der Waals surface area contributed by atoms with Crippen LogP contribution < -0.4 is 26.6 Å². The van der Waals surface area contributed by atoms with Gasteiger partial charge in [-0.05, 0) is 34.4 Å². The van der Waals surface area contributed by atoms with E-state index in [0.717, 1.165) is 22.3 Å². The van der Waals surface area contributed by atoms with E-state index in [1.165, 1.54) is 4.90 Å². The summed E-state index contributed by atoms with van der Waals surface area (Å²) in [6.45, 7) is 0.839. The second-order valence-corrected chi connectivity index (χ2v) is 11.1. The van der Waals surface area contributed by atoms with Gasteiger partial charge in [-0.1, -0.05) is 91.0 Å². The smallest absolute Gasteiger partial charge is 0.312 e. The number of benzene rings is 4. The zero-order valence-corrected chi connectivity index (χ0v) is 26.5. The number of hydrogen-bond donors (Lipinski definition) is 3. The zero-order valence-electron chi connectivity index (χ0n) is 26.5. The minimum atomic E-state index is -0.610. The van der Waals surface area contributed by atoms with Gasteiger partial charge < -0.3 is 21.7 Å². The monoisotopic (exact) mass is 633 g/mol. The van der Waals surface area contributed by atoms with Crippen LogP contribution in [0.15, 0.2) is 108 Å². The number of rotatable bonds is 14. The van der Waals surface area contributed by atoms with Gasteiger partial charge >= 0.3 is 6.03 Å². The molecule has 0 atom stereocenters. The average Bonchev–Trinajstić information content (AvgIpc) is 3.04. The molecule has 0 saturated carbocycles. The standard InChI is InChI=1S/C36H39N7O4/c1-41(25-40-42(2)24-29-18-16-28(17-19-29)23-39-36(38)47)31-14-9-15-32(30(31)22-33(37)44)43(34(45)20-26-10-5-3-6-11-26)35(46)21-27-12-7-4-8-13-27/h3-19,25H,20-24H2,1-2H3,(H2,37,44)(H3,38,39,47)/b40-25+. The molecule has 0 aliphatic rings. The first kappa shape index (κ1) is 33.9. The Kier molecular flexibility index (Phi) is 11.8. The van der Waals surface area contributed by atoms with Crippen molar-refractivity contribution in [3.05, 3.63) is 131 Å². The van der Waals surface area contributed by atoms with Crippen molar-refractivity contribution in [3.63, 3.8) is 0 Å². The van der Waals surface area contributed by atoms with Crippen molar-refractivity contribution in [3.8, 4) is 0 Å². The minimum absolute atomic E-state index is 0.00760. The van der Waals surface area contributed by atoms with E-state index in [2.05, 4.69) is 10.4 Å². The second-order valence-electron chi connectivity index (χ2n) is 11.1. The number of carbonyl (C=O) groups excluding carboxylic acids is 4. The van der Waals surface area contributed by atoms with E-state index in [4.69, 9.17) is 11.5 Å². The Labute approximate surface area is 274 Å². The fourth-order valence-corrected chi connectivity index (χ4v) is 5.05. The molecule has 0 aliphatic carbocycles. The molecule has 4 aromatic carbocycles. The molecule has 47 heavy (non-hydrogen) atoms. The molecule has 11 nitrogen and oxygen atoms in total. The van der Waals surface area contributed by atoms with Crippen molar-refractivity contribution in [2.24, 2.45) is 16.6 Å². The Morgan fingerprint density at radius 1 is 0.660 bits per heavy atom. The fourth-order valence-electron chi connectivity index (χ4n) is 5.05. The molecule has 4 rings (SSSR count). The van der Waals surface area contributed by atoms with Gasteiger partial charge in [0.15, 0.2) is 0 Å². The topological polar surface area (TPSA) is 154 Å². The zero-order chi connectivity index (χ0) is 33.8. The van der Waals surface area contributed by atoms with Crippen LogP contribution in [0, 0.1) is 0 Å². The number of imide groups is 1. The quantitative estimate of drug-likeness (QED) is 0.109. The first-order valence-electron chi connectivity index (χ1n) is 15.0. The number of amides is 5. The first-order valence-corrected chi connectivity index (χ1v) is 15.0. The summed E-state index contributed by atoms with van der Waals surface area (Å²) in [4.78, 5) is 53.9. The summed E-state index contributed by atoms with van der Waals surface area (Å²) in [5.74, 6) is -1.46. The number of nitrogens with two attached hydrogens (primary N) is 2. The maximum Gasteiger partial charge on any atom is 0.312 e. The highest BCUT2D eigenvalue weighted by atomic mass is 16.2. The molecule has 5 amide bonds. The van der Waals surface area contributed by atoms with E-state index in [0.29, 0.717) is 30.0 Å². The number of anilines is 2. The number of hydrazone groups is 1. The van der Waals surface area contributed by atoms with E-state index < -0.39 is 23.8 Å². The Bertz CT molecular complexity index is 1660. The summed E-state index contributed by atoms with van der Waals surface area (Å²) in [6, 6.07) is 30.7. The average molecular weight is 634 g/mol. The fraction of sp³-hybridized carbons (Fsp3) is 0.194. The van der Waals surface area contributed by atoms with Crippen LogP contribution in [0.4, 0.5) is 16.2 Å². The second kappa shape index (κ2) is 16.4. The SMILES string of the molecule is CN(Cc1ccc(CNC(N)=O)cc1)/N=C/N(C)c1cccc(N(C(=O)Cc2ccccc2)C(=O)Cc2ccccc2)c1CC(N)=O. The highest BCUT2D eigenvalue weighted by Crippen LogP contribution is 2.31. The summed E-state index contributed by atoms with van der Waals surface area (Å²) < 4.78 is 0. The molecule has 242 valence electrons. The van der Waals surface area contributed by atoms with E-state index in [1.807, 2.05) is 92.0 Å². The van der Waals surface area contributed by atoms with E-state index in [9.17, 15) is 19.2 Å². The Morgan fingerprint density at radius 3 is 1.72 bits per heavy atom. The minimum Gasteiger partial charge on any atom is -0.369 e. The molecule has 0 unspecified atom stereocenters. The van der Waals surface area contributed by atoms with Crippen molar-refractivity contribution in [2.75, 3.05) is 23.9 Å². The number of hydrogen-bond acceptors (Lipinski definition) is 6. The van der Waals surface area contributed by atoms with Crippen LogP contribution in [0.3, 0.4) is 0 Å². The summed E-state index contributed by atoms with van der Waals surface area (Å²) in [5.41, 5.74) is 15.6. The number of primary amides is 2. The van der Waals surface area contributed by atoms with Crippen LogP contribution in [-0.2, 0) is 46.7 Å². The lowest BCUT2D eigenvalue weighted by Gasteiger charge is -2.27. The molecule has 0 radical (unpaired) electrons. The van der Waals surface area contributed by atoms with Gasteiger partial charge in [-0.3, -0.25) is 19.4 Å². The summed E-state index contributed by atoms with van der Waals surface area (Å²) in [7, 11) is 3.59. The van der Waals surface area contributed by atoms with Gasteiger partial charge in [-0.15, -0.1) is 0 Å². The lowest BCUT2D eigenvalue weighted by molar-refractivity contribution is -0.126. The number of nitrogens with zero attached hydrogens (tertiary/aromatic N) is 4. The van der Waals surface area contributed by atoms with Crippen LogP contribution in [0.5, 0.6) is 0 Å². The molecule has 0 heterocycles. The van der Waals surface area contributed by atoms with Crippen LogP contribution in [0.2, 0.25) is 0 Å². The van der Waals surface area contributed by atoms with Crippen LogP contribution in [0.25, 0.3) is 0 Å². The Hall–Kier alpha value is -5.97. The maximum absolute atomic E-state index is 13.9. The normalized spacial score (nSPS) is 10.8. The van der Waals surface area contributed by atoms with Gasteiger partial charge in [0.25, 0.3) is 0 Å². The van der Waals surface area contributed by atoms with Gasteiger partial charge in [0.2, 0.25) is 17.7 Å². The molecule has 0 bridgehead atoms. The third-order valence-electron chi connectivity index (χ3n) is 7.32. The summed E-state index contributed by atoms with van der Waals surface area (Å²) in [5, 5.41) is 8.85. The van der Waals surface area contributed by atoms with Crippen LogP contribution in [0.1, 0.15) is 27.8 Å². The first-order chi connectivity index (χ1) is 22.6. The molecule has 4 aromatic rings. The third-order valence-corrected chi connectivity index (χ3v) is 7.32. The van der Waals surface area contributed by atoms with Gasteiger partial charge in [0, 0.05) is 31.9 Å². The van der Waals surface area contributed by atoms with Crippen LogP contribution >= 0.6 is 0 Å². The molecule has 0 spiro atoms. The predicted octanol–water partition coefficient (Wildman–Crippen LogP) is 3.74. The number of nitrogens with one attached hydrogen (secondary N) is 1. The maximum atomic E-state index is 13.9. The van der Waals surface area contributed by atoms with E-state index in [-0.39, 0.29) is 19.3 Å². The van der Waals surface area contributed by atoms with Gasteiger partial charge in [-0.25, -0.2) is 9.69 Å². The van der Waals surface area contributed by atoms with Crippen molar-refractivity contribution in [1.82, 2.24) is 10.3 Å². The highest BCUT2D eigenvalue weighted by Gasteiger charge is 2.28. The van der Waals surface area contributed by atoms with Gasteiger partial charge in [0.05, 0.1) is 31.5 Å². The molecule has 0 aliphatic heterocycles. The van der Waals surface area contributed by atoms with Crippen LogP contribution in [-0.4, -0.2) is 49.2 Å². The van der Waals surface area contributed by atoms with Gasteiger partial charge in [-0.2, -0.15) is 5.10 Å². The summed E-state index contributed by atoms with van der Waals surface area (Å²) in [6.07, 6.45) is 1.37. The van der Waals surface area contributed by atoms with Crippen molar-refractivity contribution in [2.45, 2.75) is 32.4 Å². The lowest BCUT2D eigenvalue weighted by atomic mass is 10.0. The third kappa shape index (κ3) is 10.0. The number of carbonyl (C=O) groups is 4. The molecule has 11 heteroatoms. The lowest BCUT2D eigenvalue weighted by Crippen LogP contribution is -2.40. The molecule has 0 saturated heterocycles. The molecular weight excluding hydrogens is 594 g/mol. The molecule has 0 fully saturated rings. The molecule has 5 N–H and O–H groups in total. The van der Waals surface area contributed by atoms with Crippen molar-refractivity contribution >= 4 is 41.5 Å². The highest BCUT2D eigenvalue weighted by molar-refractivity contribution is 6.17.